The summed E-state index contributed by atoms with van der Waals surface area (Å²) >= 11 is 0. The van der Waals surface area contributed by atoms with E-state index in [1.807, 2.05) is 35.2 Å². The summed E-state index contributed by atoms with van der Waals surface area (Å²) < 4.78 is 0. The van der Waals surface area contributed by atoms with Crippen molar-refractivity contribution in [1.29, 1.82) is 0 Å². The van der Waals surface area contributed by atoms with Gasteiger partial charge in [-0.3, -0.25) is 9.69 Å². The number of amides is 1. The summed E-state index contributed by atoms with van der Waals surface area (Å²) in [5.41, 5.74) is 7.00. The first-order chi connectivity index (χ1) is 9.59. The number of nitrogens with zero attached hydrogens (tertiary/aromatic N) is 2. The molecule has 0 aromatic heterocycles. The first-order valence-corrected chi connectivity index (χ1v) is 7.43. The van der Waals surface area contributed by atoms with Crippen molar-refractivity contribution in [2.45, 2.75) is 32.4 Å². The second-order valence-corrected chi connectivity index (χ2v) is 5.70. The third-order valence-electron chi connectivity index (χ3n) is 4.00. The van der Waals surface area contributed by atoms with Crippen LogP contribution >= 0.6 is 0 Å². The quantitative estimate of drug-likeness (QED) is 0.912. The average molecular weight is 275 g/mol. The summed E-state index contributed by atoms with van der Waals surface area (Å²) in [6.45, 7) is 7.98. The third-order valence-corrected chi connectivity index (χ3v) is 4.00. The molecule has 4 nitrogen and oxygen atoms in total. The Morgan fingerprint density at radius 2 is 1.80 bits per heavy atom. The van der Waals surface area contributed by atoms with E-state index < -0.39 is 6.04 Å². The van der Waals surface area contributed by atoms with Crippen molar-refractivity contribution in [2.75, 3.05) is 26.2 Å². The Bertz CT molecular complexity index is 433. The van der Waals surface area contributed by atoms with Gasteiger partial charge in [0.15, 0.2) is 0 Å². The second-order valence-electron chi connectivity index (χ2n) is 5.70. The van der Waals surface area contributed by atoms with Gasteiger partial charge in [0.25, 0.3) is 0 Å². The van der Waals surface area contributed by atoms with Gasteiger partial charge in [-0.1, -0.05) is 30.3 Å². The minimum absolute atomic E-state index is 0.0433. The number of carbonyl (C=O) groups excluding carboxylic acids is 1. The van der Waals surface area contributed by atoms with Gasteiger partial charge in [-0.05, 0) is 25.8 Å². The fourth-order valence-corrected chi connectivity index (χ4v) is 2.67. The largest absolute Gasteiger partial charge is 0.340 e. The minimum Gasteiger partial charge on any atom is -0.340 e. The van der Waals surface area contributed by atoms with E-state index in [1.165, 1.54) is 0 Å². The Balaban J connectivity index is 1.99. The first-order valence-electron chi connectivity index (χ1n) is 7.43. The van der Waals surface area contributed by atoms with E-state index in [2.05, 4.69) is 18.7 Å². The number of nitrogens with two attached hydrogens (primary N) is 1. The van der Waals surface area contributed by atoms with Gasteiger partial charge in [0, 0.05) is 32.2 Å². The molecule has 0 radical (unpaired) electrons. The van der Waals surface area contributed by atoms with Gasteiger partial charge in [-0.15, -0.1) is 0 Å². The van der Waals surface area contributed by atoms with Gasteiger partial charge in [-0.25, -0.2) is 0 Å². The SMILES string of the molecule is CC(C)N1CCCN(C(=O)C(N)c2ccccc2)CC1. The maximum atomic E-state index is 12.5. The molecular weight excluding hydrogens is 250 g/mol. The number of benzene rings is 1. The zero-order chi connectivity index (χ0) is 14.5. The van der Waals surface area contributed by atoms with Crippen LogP contribution in [0.3, 0.4) is 0 Å². The lowest BCUT2D eigenvalue weighted by atomic mass is 10.1. The Hall–Kier alpha value is -1.39. The van der Waals surface area contributed by atoms with Crippen LogP contribution in [0.5, 0.6) is 0 Å². The molecule has 1 unspecified atom stereocenters. The van der Waals surface area contributed by atoms with Crippen molar-refractivity contribution < 1.29 is 4.79 Å². The molecule has 1 atom stereocenters. The highest BCUT2D eigenvalue weighted by Crippen LogP contribution is 2.15. The van der Waals surface area contributed by atoms with Crippen LogP contribution in [0.15, 0.2) is 30.3 Å². The highest BCUT2D eigenvalue weighted by molar-refractivity contribution is 5.83. The average Bonchev–Trinajstić information content (AvgIpc) is 2.72. The molecule has 1 fully saturated rings. The molecule has 1 aliphatic heterocycles. The maximum absolute atomic E-state index is 12.5. The van der Waals surface area contributed by atoms with Crippen molar-refractivity contribution in [3.63, 3.8) is 0 Å². The van der Waals surface area contributed by atoms with Crippen LogP contribution in [-0.4, -0.2) is 47.9 Å². The summed E-state index contributed by atoms with van der Waals surface area (Å²) in [7, 11) is 0. The van der Waals surface area contributed by atoms with Crippen molar-refractivity contribution in [1.82, 2.24) is 9.80 Å². The molecule has 1 aliphatic rings. The lowest BCUT2D eigenvalue weighted by molar-refractivity contribution is -0.132. The predicted molar refractivity (Wildman–Crippen MR) is 81.3 cm³/mol. The molecule has 2 rings (SSSR count). The van der Waals surface area contributed by atoms with Crippen molar-refractivity contribution >= 4 is 5.91 Å². The molecule has 1 saturated heterocycles. The van der Waals surface area contributed by atoms with Crippen LogP contribution < -0.4 is 5.73 Å². The molecule has 0 spiro atoms. The molecule has 1 amide bonds. The van der Waals surface area contributed by atoms with E-state index in [0.29, 0.717) is 6.04 Å². The smallest absolute Gasteiger partial charge is 0.244 e. The zero-order valence-electron chi connectivity index (χ0n) is 12.5. The Morgan fingerprint density at radius 3 is 2.45 bits per heavy atom. The highest BCUT2D eigenvalue weighted by atomic mass is 16.2. The van der Waals surface area contributed by atoms with Gasteiger partial charge in [-0.2, -0.15) is 0 Å². The fourth-order valence-electron chi connectivity index (χ4n) is 2.67. The topological polar surface area (TPSA) is 49.6 Å². The third kappa shape index (κ3) is 3.58. The first kappa shape index (κ1) is 15.0. The number of hydrogen-bond acceptors (Lipinski definition) is 3. The minimum atomic E-state index is -0.540. The molecule has 2 N–H and O–H groups in total. The Morgan fingerprint density at radius 1 is 1.10 bits per heavy atom. The number of carbonyl (C=O) groups is 1. The highest BCUT2D eigenvalue weighted by Gasteiger charge is 2.25. The van der Waals surface area contributed by atoms with Crippen LogP contribution in [0.1, 0.15) is 31.9 Å². The molecule has 1 heterocycles. The van der Waals surface area contributed by atoms with Crippen LogP contribution in [0.2, 0.25) is 0 Å². The molecule has 0 saturated carbocycles. The fraction of sp³-hybridized carbons (Fsp3) is 0.562. The van der Waals surface area contributed by atoms with Gasteiger partial charge >= 0.3 is 0 Å². The van der Waals surface area contributed by atoms with Crippen LogP contribution in [0, 0.1) is 0 Å². The Kier molecular flexibility index (Phi) is 5.15. The summed E-state index contributed by atoms with van der Waals surface area (Å²) in [6, 6.07) is 9.61. The Labute approximate surface area is 121 Å². The molecule has 4 heteroatoms. The van der Waals surface area contributed by atoms with Gasteiger partial charge < -0.3 is 10.6 Å². The van der Waals surface area contributed by atoms with E-state index in [1.54, 1.807) is 0 Å². The van der Waals surface area contributed by atoms with Crippen LogP contribution in [-0.2, 0) is 4.79 Å². The lowest BCUT2D eigenvalue weighted by Gasteiger charge is -2.26. The second kappa shape index (κ2) is 6.86. The molecule has 20 heavy (non-hydrogen) atoms. The van der Waals surface area contributed by atoms with Crippen LogP contribution in [0.4, 0.5) is 0 Å². The molecule has 110 valence electrons. The summed E-state index contributed by atoms with van der Waals surface area (Å²) in [4.78, 5) is 16.8. The van der Waals surface area contributed by atoms with Gasteiger partial charge in [0.05, 0.1) is 0 Å². The predicted octanol–water partition coefficient (Wildman–Crippen LogP) is 1.63. The van der Waals surface area contributed by atoms with E-state index in [0.717, 1.165) is 38.2 Å². The van der Waals surface area contributed by atoms with Crippen molar-refractivity contribution in [3.8, 4) is 0 Å². The van der Waals surface area contributed by atoms with E-state index >= 15 is 0 Å². The summed E-state index contributed by atoms with van der Waals surface area (Å²) in [6.07, 6.45) is 1.02. The monoisotopic (exact) mass is 275 g/mol. The lowest BCUT2D eigenvalue weighted by Crippen LogP contribution is -2.41. The van der Waals surface area contributed by atoms with Crippen molar-refractivity contribution in [3.05, 3.63) is 35.9 Å². The summed E-state index contributed by atoms with van der Waals surface area (Å²) in [5, 5.41) is 0. The standard InChI is InChI=1S/C16H25N3O/c1-13(2)18-9-6-10-19(12-11-18)16(20)15(17)14-7-4-3-5-8-14/h3-5,7-8,13,15H,6,9-12,17H2,1-2H3. The molecule has 0 bridgehead atoms. The van der Waals surface area contributed by atoms with E-state index in [4.69, 9.17) is 5.73 Å². The van der Waals surface area contributed by atoms with Crippen molar-refractivity contribution in [2.24, 2.45) is 5.73 Å². The van der Waals surface area contributed by atoms with Gasteiger partial charge in [0.1, 0.15) is 6.04 Å². The molecule has 1 aromatic carbocycles. The van der Waals surface area contributed by atoms with E-state index in [9.17, 15) is 4.79 Å². The maximum Gasteiger partial charge on any atom is 0.244 e. The van der Waals surface area contributed by atoms with Gasteiger partial charge in [0.2, 0.25) is 5.91 Å². The van der Waals surface area contributed by atoms with E-state index in [-0.39, 0.29) is 5.91 Å². The molecule has 1 aromatic rings. The summed E-state index contributed by atoms with van der Waals surface area (Å²) in [5.74, 6) is 0.0433. The zero-order valence-corrected chi connectivity index (χ0v) is 12.5. The normalized spacial score (nSPS) is 18.9. The number of hydrogen-bond donors (Lipinski definition) is 1. The molecular formula is C16H25N3O. The van der Waals surface area contributed by atoms with Crippen LogP contribution in [0.25, 0.3) is 0 Å². The molecule has 0 aliphatic carbocycles. The number of rotatable bonds is 3.